The van der Waals surface area contributed by atoms with Gasteiger partial charge in [0.05, 0.1) is 19.1 Å². The van der Waals surface area contributed by atoms with Crippen LogP contribution in [0.15, 0.2) is 29.8 Å². The lowest BCUT2D eigenvalue weighted by atomic mass is 9.83. The van der Waals surface area contributed by atoms with Crippen molar-refractivity contribution in [2.75, 3.05) is 48.1 Å². The maximum absolute atomic E-state index is 14.3. The Morgan fingerprint density at radius 2 is 1.88 bits per heavy atom. The van der Waals surface area contributed by atoms with Crippen LogP contribution in [0.25, 0.3) is 0 Å². The number of hydroxylamine groups is 2. The Morgan fingerprint density at radius 3 is 2.59 bits per heavy atom. The third-order valence-corrected chi connectivity index (χ3v) is 8.59. The van der Waals surface area contributed by atoms with Crippen LogP contribution < -0.4 is 9.47 Å². The second kappa shape index (κ2) is 11.6. The molecule has 10 nitrogen and oxygen atoms in total. The Balaban J connectivity index is 1.56. The summed E-state index contributed by atoms with van der Waals surface area (Å²) in [7, 11) is 7.04. The quantitative estimate of drug-likeness (QED) is 0.489. The van der Waals surface area contributed by atoms with Crippen molar-refractivity contribution in [3.8, 4) is 11.5 Å². The molecule has 0 radical (unpaired) electrons. The third-order valence-electron chi connectivity index (χ3n) is 8.59. The molecule has 4 aliphatic rings. The average molecular weight is 570 g/mol. The van der Waals surface area contributed by atoms with E-state index in [9.17, 15) is 9.59 Å². The largest absolute Gasteiger partial charge is 0.475 e. The van der Waals surface area contributed by atoms with E-state index in [1.165, 1.54) is 4.90 Å². The molecule has 0 aromatic heterocycles. The molecule has 10 heteroatoms. The molecule has 1 aromatic carbocycles. The summed E-state index contributed by atoms with van der Waals surface area (Å²) in [6, 6.07) is 3.67. The van der Waals surface area contributed by atoms with Gasteiger partial charge in [0.15, 0.2) is 17.1 Å². The van der Waals surface area contributed by atoms with Crippen molar-refractivity contribution < 1.29 is 33.4 Å². The summed E-state index contributed by atoms with van der Waals surface area (Å²) >= 11 is 0. The zero-order valence-electron chi connectivity index (χ0n) is 25.2. The van der Waals surface area contributed by atoms with Crippen LogP contribution >= 0.6 is 0 Å². The molecule has 1 fully saturated rings. The maximum Gasteiger partial charge on any atom is 0.364 e. The molecule has 1 unspecified atom stereocenters. The molecule has 0 N–H and O–H groups in total. The zero-order chi connectivity index (χ0) is 29.4. The molecule has 1 saturated heterocycles. The van der Waals surface area contributed by atoms with Crippen molar-refractivity contribution in [1.82, 2.24) is 14.9 Å². The van der Waals surface area contributed by atoms with Crippen LogP contribution in [-0.2, 0) is 30.3 Å². The fourth-order valence-electron chi connectivity index (χ4n) is 6.34. The number of hydrogen-bond donors (Lipinski definition) is 0. The monoisotopic (exact) mass is 569 g/mol. The Labute approximate surface area is 242 Å². The fourth-order valence-corrected chi connectivity index (χ4v) is 6.34. The van der Waals surface area contributed by atoms with Gasteiger partial charge in [0.2, 0.25) is 12.7 Å². The molecular weight excluding hydrogens is 526 g/mol. The number of carbonyl (C=O) groups excluding carboxylic acids is 2. The van der Waals surface area contributed by atoms with Gasteiger partial charge in [-0.1, -0.05) is 5.73 Å². The van der Waals surface area contributed by atoms with Gasteiger partial charge >= 0.3 is 5.97 Å². The van der Waals surface area contributed by atoms with E-state index in [1.54, 1.807) is 26.3 Å². The van der Waals surface area contributed by atoms with Crippen LogP contribution in [-0.4, -0.2) is 86.1 Å². The molecule has 4 heterocycles. The summed E-state index contributed by atoms with van der Waals surface area (Å²) in [6.07, 6.45) is 6.45. The van der Waals surface area contributed by atoms with Crippen molar-refractivity contribution >= 4 is 11.9 Å². The van der Waals surface area contributed by atoms with Crippen LogP contribution in [0, 0.1) is 5.92 Å². The Morgan fingerprint density at radius 1 is 1.12 bits per heavy atom. The topological polar surface area (TPSA) is 90.0 Å². The van der Waals surface area contributed by atoms with Gasteiger partial charge in [0, 0.05) is 26.6 Å². The summed E-state index contributed by atoms with van der Waals surface area (Å²) in [5, 5.41) is 1.55. The Hall–Kier alpha value is -3.20. The highest BCUT2D eigenvalue weighted by atomic mass is 16.7. The van der Waals surface area contributed by atoms with Gasteiger partial charge < -0.3 is 33.6 Å². The number of methoxy groups -OCH3 is 1. The van der Waals surface area contributed by atoms with Gasteiger partial charge in [-0.25, -0.2) is 4.79 Å². The number of hydrogen-bond acceptors (Lipinski definition) is 9. The second-order valence-electron chi connectivity index (χ2n) is 12.4. The summed E-state index contributed by atoms with van der Waals surface area (Å²) in [5.74, 6) is 0.867. The highest BCUT2D eigenvalue weighted by Crippen LogP contribution is 2.46. The van der Waals surface area contributed by atoms with Gasteiger partial charge in [-0.3, -0.25) is 4.79 Å². The predicted molar refractivity (Wildman–Crippen MR) is 151 cm³/mol. The first kappa shape index (κ1) is 29.3. The third kappa shape index (κ3) is 6.05. The number of carbonyl (C=O) groups is 2. The van der Waals surface area contributed by atoms with E-state index in [2.05, 4.69) is 17.7 Å². The smallest absolute Gasteiger partial charge is 0.364 e. The molecule has 1 amide bonds. The lowest BCUT2D eigenvalue weighted by Gasteiger charge is -2.45. The average Bonchev–Trinajstić information content (AvgIpc) is 3.38. The number of ether oxygens (including phenoxy) is 4. The van der Waals surface area contributed by atoms with Crippen LogP contribution in [0.2, 0.25) is 0 Å². The van der Waals surface area contributed by atoms with Crippen LogP contribution in [0.3, 0.4) is 0 Å². The van der Waals surface area contributed by atoms with Gasteiger partial charge in [-0.15, -0.1) is 0 Å². The molecular formula is C31H43N3O7. The minimum Gasteiger partial charge on any atom is -0.475 e. The molecule has 41 heavy (non-hydrogen) atoms. The number of likely N-dealkylation sites (N-methyl/N-ethyl adjacent to an activating group) is 1. The first-order valence-corrected chi connectivity index (χ1v) is 14.6. The molecule has 0 aliphatic carbocycles. The highest BCUT2D eigenvalue weighted by molar-refractivity contribution is 5.88. The van der Waals surface area contributed by atoms with Crippen molar-refractivity contribution in [3.63, 3.8) is 0 Å². The number of amides is 1. The Bertz CT molecular complexity index is 1240. The van der Waals surface area contributed by atoms with Crippen molar-refractivity contribution in [2.45, 2.75) is 76.0 Å². The minimum absolute atomic E-state index is 0.0182. The summed E-state index contributed by atoms with van der Waals surface area (Å²) in [6.45, 7) is 5.91. The van der Waals surface area contributed by atoms with Crippen molar-refractivity contribution in [1.29, 1.82) is 0 Å². The normalized spacial score (nSPS) is 27.3. The van der Waals surface area contributed by atoms with Gasteiger partial charge in [0.25, 0.3) is 5.88 Å². The molecule has 3 atom stereocenters. The SMILES string of the molecule is COC1=C=C[C@H]2CCCN(C)CCc3cc4c(cc3C2N1OC(=O)[C@@]1(CC(=O)N(C)C)CCCC(C)(C)O1)OCO4. The molecule has 0 spiro atoms. The predicted octanol–water partition coefficient (Wildman–Crippen LogP) is 3.95. The molecule has 0 bridgehead atoms. The summed E-state index contributed by atoms with van der Waals surface area (Å²) in [5.41, 5.74) is 3.30. The lowest BCUT2D eigenvalue weighted by Crippen LogP contribution is -2.55. The van der Waals surface area contributed by atoms with Gasteiger partial charge in [-0.2, -0.15) is 5.06 Å². The van der Waals surface area contributed by atoms with Crippen LogP contribution in [0.1, 0.15) is 69.5 Å². The number of rotatable bonds is 5. The fraction of sp³-hybridized carbons (Fsp3) is 0.645. The number of fused-ring (bicyclic) bond motifs is 4. The van der Waals surface area contributed by atoms with E-state index in [0.717, 1.165) is 62.1 Å². The van der Waals surface area contributed by atoms with E-state index in [4.69, 9.17) is 23.8 Å². The molecule has 0 saturated carbocycles. The van der Waals surface area contributed by atoms with Gasteiger partial charge in [0.1, 0.15) is 6.04 Å². The molecule has 1 aromatic rings. The van der Waals surface area contributed by atoms with Gasteiger partial charge in [-0.05, 0) is 95.3 Å². The first-order valence-electron chi connectivity index (χ1n) is 14.6. The Kier molecular flexibility index (Phi) is 8.28. The van der Waals surface area contributed by atoms with Crippen LogP contribution in [0.4, 0.5) is 0 Å². The molecule has 5 rings (SSSR count). The van der Waals surface area contributed by atoms with E-state index in [1.807, 2.05) is 32.1 Å². The number of benzene rings is 1. The van der Waals surface area contributed by atoms with Crippen LogP contribution in [0.5, 0.6) is 11.5 Å². The van der Waals surface area contributed by atoms with E-state index >= 15 is 0 Å². The minimum atomic E-state index is -1.42. The van der Waals surface area contributed by atoms with E-state index in [-0.39, 0.29) is 31.1 Å². The maximum atomic E-state index is 14.3. The summed E-state index contributed by atoms with van der Waals surface area (Å²) in [4.78, 5) is 37.4. The lowest BCUT2D eigenvalue weighted by molar-refractivity contribution is -0.250. The second-order valence-corrected chi connectivity index (χ2v) is 12.4. The van der Waals surface area contributed by atoms with E-state index < -0.39 is 17.2 Å². The van der Waals surface area contributed by atoms with E-state index in [0.29, 0.717) is 18.1 Å². The summed E-state index contributed by atoms with van der Waals surface area (Å²) < 4.78 is 23.7. The van der Waals surface area contributed by atoms with Crippen molar-refractivity contribution in [2.24, 2.45) is 5.92 Å². The molecule has 224 valence electrons. The first-order chi connectivity index (χ1) is 19.5. The van der Waals surface area contributed by atoms with Crippen molar-refractivity contribution in [3.05, 3.63) is 40.9 Å². The molecule has 4 aliphatic heterocycles. The zero-order valence-corrected chi connectivity index (χ0v) is 25.2. The standard InChI is InChI=1S/C31H43N3O7/c1-30(2)13-8-14-31(41-30,19-26(35)32(3)4)29(36)40-34-27(37-6)11-10-21-9-7-15-33(5)16-12-22-17-24-25(39-20-38-24)18-23(22)28(21)34/h10,17-18,21,28H,7-9,12-16,19-20H2,1-6H3/t21-,28?,31+/m1/s1. The number of nitrogens with zero attached hydrogens (tertiary/aromatic N) is 3. The highest BCUT2D eigenvalue weighted by Gasteiger charge is 2.52.